The van der Waals surface area contributed by atoms with Gasteiger partial charge in [-0.25, -0.2) is 0 Å². The van der Waals surface area contributed by atoms with Gasteiger partial charge in [-0.05, 0) is 32.2 Å². The number of rotatable bonds is 3. The number of hydrogen-bond acceptors (Lipinski definition) is 5. The minimum Gasteiger partial charge on any atom is -0.346 e. The molecular weight excluding hydrogens is 232 g/mol. The summed E-state index contributed by atoms with van der Waals surface area (Å²) < 4.78 is 5.20. The SMILES string of the molecule is O=C(NC1CC1)c1noc(C2CCCCCN2)n1. The molecule has 98 valence electrons. The van der Waals surface area contributed by atoms with Crippen molar-refractivity contribution in [2.24, 2.45) is 0 Å². The van der Waals surface area contributed by atoms with Crippen molar-refractivity contribution in [1.82, 2.24) is 20.8 Å². The summed E-state index contributed by atoms with van der Waals surface area (Å²) in [5.74, 6) is 0.474. The minimum absolute atomic E-state index is 0.0995. The molecule has 0 spiro atoms. The van der Waals surface area contributed by atoms with Crippen LogP contribution in [-0.2, 0) is 0 Å². The lowest BCUT2D eigenvalue weighted by molar-refractivity contribution is 0.0937. The first-order valence-electron chi connectivity index (χ1n) is 6.71. The molecule has 0 aromatic carbocycles. The van der Waals surface area contributed by atoms with Crippen molar-refractivity contribution < 1.29 is 9.32 Å². The van der Waals surface area contributed by atoms with Gasteiger partial charge in [-0.2, -0.15) is 4.98 Å². The molecule has 1 unspecified atom stereocenters. The predicted molar refractivity (Wildman–Crippen MR) is 64.0 cm³/mol. The molecule has 3 rings (SSSR count). The Morgan fingerprint density at radius 1 is 1.28 bits per heavy atom. The monoisotopic (exact) mass is 250 g/mol. The van der Waals surface area contributed by atoms with E-state index in [9.17, 15) is 4.79 Å². The van der Waals surface area contributed by atoms with Crippen molar-refractivity contribution in [3.63, 3.8) is 0 Å². The fourth-order valence-electron chi connectivity index (χ4n) is 2.19. The van der Waals surface area contributed by atoms with Crippen LogP contribution < -0.4 is 10.6 Å². The summed E-state index contributed by atoms with van der Waals surface area (Å²) in [6, 6.07) is 0.415. The maximum Gasteiger partial charge on any atom is 0.292 e. The second-order valence-electron chi connectivity index (χ2n) is 5.06. The zero-order valence-electron chi connectivity index (χ0n) is 10.3. The number of aromatic nitrogens is 2. The molecule has 1 aliphatic carbocycles. The standard InChI is InChI=1S/C12H18N4O2/c17-11(14-8-5-6-8)10-15-12(18-16-10)9-4-2-1-3-7-13-9/h8-9,13H,1-7H2,(H,14,17). The van der Waals surface area contributed by atoms with E-state index in [0.717, 1.165) is 32.2 Å². The van der Waals surface area contributed by atoms with E-state index >= 15 is 0 Å². The topological polar surface area (TPSA) is 80.0 Å². The van der Waals surface area contributed by atoms with Gasteiger partial charge in [0.15, 0.2) is 0 Å². The zero-order valence-corrected chi connectivity index (χ0v) is 10.3. The molecule has 1 aromatic rings. The number of carbonyl (C=O) groups excluding carboxylic acids is 1. The summed E-state index contributed by atoms with van der Waals surface area (Å²) in [7, 11) is 0. The first-order valence-corrected chi connectivity index (χ1v) is 6.71. The van der Waals surface area contributed by atoms with Crippen LogP contribution in [-0.4, -0.2) is 28.6 Å². The van der Waals surface area contributed by atoms with E-state index in [2.05, 4.69) is 20.8 Å². The number of nitrogens with one attached hydrogen (secondary N) is 2. The maximum absolute atomic E-state index is 11.7. The molecule has 6 heteroatoms. The van der Waals surface area contributed by atoms with Crippen LogP contribution in [0.1, 0.15) is 61.1 Å². The van der Waals surface area contributed by atoms with Gasteiger partial charge in [0.1, 0.15) is 0 Å². The average molecular weight is 250 g/mol. The maximum atomic E-state index is 11.7. The Morgan fingerprint density at radius 3 is 3.00 bits per heavy atom. The first kappa shape index (κ1) is 11.6. The molecule has 1 aliphatic heterocycles. The van der Waals surface area contributed by atoms with Crippen molar-refractivity contribution >= 4 is 5.91 Å². The molecule has 6 nitrogen and oxygen atoms in total. The Labute approximate surface area is 106 Å². The number of carbonyl (C=O) groups is 1. The Balaban J connectivity index is 1.65. The smallest absolute Gasteiger partial charge is 0.292 e. The lowest BCUT2D eigenvalue weighted by atomic mass is 10.1. The molecule has 1 amide bonds. The molecule has 2 N–H and O–H groups in total. The lowest BCUT2D eigenvalue weighted by Crippen LogP contribution is -2.26. The summed E-state index contributed by atoms with van der Waals surface area (Å²) in [4.78, 5) is 15.9. The van der Waals surface area contributed by atoms with Gasteiger partial charge in [-0.1, -0.05) is 18.0 Å². The van der Waals surface area contributed by atoms with E-state index in [1.165, 1.54) is 12.8 Å². The molecule has 0 bridgehead atoms. The van der Waals surface area contributed by atoms with Crippen LogP contribution in [0.2, 0.25) is 0 Å². The average Bonchev–Trinajstić information content (AvgIpc) is 3.11. The Bertz CT molecular complexity index is 419. The summed E-state index contributed by atoms with van der Waals surface area (Å²) >= 11 is 0. The van der Waals surface area contributed by atoms with Crippen LogP contribution in [0.15, 0.2) is 4.52 Å². The van der Waals surface area contributed by atoms with Crippen molar-refractivity contribution in [1.29, 1.82) is 0 Å². The molecule has 2 heterocycles. The van der Waals surface area contributed by atoms with E-state index in [1.807, 2.05) is 0 Å². The van der Waals surface area contributed by atoms with Gasteiger partial charge in [0.25, 0.3) is 11.7 Å². The van der Waals surface area contributed by atoms with Gasteiger partial charge in [0, 0.05) is 6.04 Å². The van der Waals surface area contributed by atoms with Gasteiger partial charge in [-0.3, -0.25) is 4.79 Å². The van der Waals surface area contributed by atoms with E-state index in [4.69, 9.17) is 4.52 Å². The van der Waals surface area contributed by atoms with Crippen molar-refractivity contribution in [3.8, 4) is 0 Å². The Kier molecular flexibility index (Phi) is 3.27. The quantitative estimate of drug-likeness (QED) is 0.841. The zero-order chi connectivity index (χ0) is 12.4. The largest absolute Gasteiger partial charge is 0.346 e. The molecule has 2 aliphatic rings. The van der Waals surface area contributed by atoms with Crippen LogP contribution in [0, 0.1) is 0 Å². The van der Waals surface area contributed by atoms with Gasteiger partial charge in [0.2, 0.25) is 5.89 Å². The number of nitrogens with zero attached hydrogens (tertiary/aromatic N) is 2. The fraction of sp³-hybridized carbons (Fsp3) is 0.750. The predicted octanol–water partition coefficient (Wildman–Crippen LogP) is 1.17. The van der Waals surface area contributed by atoms with Crippen molar-refractivity contribution in [3.05, 3.63) is 11.7 Å². The van der Waals surface area contributed by atoms with Gasteiger partial charge in [-0.15, -0.1) is 0 Å². The van der Waals surface area contributed by atoms with Gasteiger partial charge in [0.05, 0.1) is 6.04 Å². The van der Waals surface area contributed by atoms with E-state index < -0.39 is 0 Å². The molecule has 2 fully saturated rings. The molecule has 1 atom stereocenters. The molecular formula is C12H18N4O2. The van der Waals surface area contributed by atoms with E-state index in [-0.39, 0.29) is 17.8 Å². The van der Waals surface area contributed by atoms with Crippen LogP contribution in [0.4, 0.5) is 0 Å². The molecule has 1 aromatic heterocycles. The first-order chi connectivity index (χ1) is 8.83. The normalized spacial score (nSPS) is 24.6. The van der Waals surface area contributed by atoms with Gasteiger partial charge < -0.3 is 15.2 Å². The van der Waals surface area contributed by atoms with Crippen LogP contribution in [0.3, 0.4) is 0 Å². The highest BCUT2D eigenvalue weighted by Gasteiger charge is 2.27. The molecule has 1 saturated heterocycles. The molecule has 0 radical (unpaired) electrons. The lowest BCUT2D eigenvalue weighted by Gasteiger charge is -2.09. The summed E-state index contributed by atoms with van der Waals surface area (Å²) in [6.45, 7) is 0.969. The third kappa shape index (κ3) is 2.69. The molecule has 1 saturated carbocycles. The minimum atomic E-state index is -0.221. The summed E-state index contributed by atoms with van der Waals surface area (Å²) in [5, 5.41) is 9.99. The highest BCUT2D eigenvalue weighted by atomic mass is 16.5. The third-order valence-corrected chi connectivity index (χ3v) is 3.42. The second-order valence-corrected chi connectivity index (χ2v) is 5.06. The summed E-state index contributed by atoms with van der Waals surface area (Å²) in [6.07, 6.45) is 6.67. The summed E-state index contributed by atoms with van der Waals surface area (Å²) in [5.41, 5.74) is 0. The number of amides is 1. The van der Waals surface area contributed by atoms with E-state index in [1.54, 1.807) is 0 Å². The Hall–Kier alpha value is -1.43. The van der Waals surface area contributed by atoms with E-state index in [0.29, 0.717) is 11.9 Å². The van der Waals surface area contributed by atoms with Gasteiger partial charge >= 0.3 is 0 Å². The number of hydrogen-bond donors (Lipinski definition) is 2. The molecule has 18 heavy (non-hydrogen) atoms. The van der Waals surface area contributed by atoms with Crippen molar-refractivity contribution in [2.75, 3.05) is 6.54 Å². The van der Waals surface area contributed by atoms with Crippen molar-refractivity contribution in [2.45, 2.75) is 50.6 Å². The fourth-order valence-corrected chi connectivity index (χ4v) is 2.19. The highest BCUT2D eigenvalue weighted by Crippen LogP contribution is 2.22. The van der Waals surface area contributed by atoms with Crippen LogP contribution >= 0.6 is 0 Å². The van der Waals surface area contributed by atoms with Crippen LogP contribution in [0.25, 0.3) is 0 Å². The van der Waals surface area contributed by atoms with Crippen LogP contribution in [0.5, 0.6) is 0 Å². The highest BCUT2D eigenvalue weighted by molar-refractivity contribution is 5.90. The Morgan fingerprint density at radius 2 is 2.17 bits per heavy atom. The second kappa shape index (κ2) is 5.06. The third-order valence-electron chi connectivity index (χ3n) is 3.42.